The van der Waals surface area contributed by atoms with Crippen molar-refractivity contribution in [2.45, 2.75) is 19.1 Å². The molecule has 1 aliphatic heterocycles. The number of rotatable bonds is 5. The second kappa shape index (κ2) is 10.2. The molecule has 1 heterocycles. The van der Waals surface area contributed by atoms with Crippen molar-refractivity contribution in [3.05, 3.63) is 95.1 Å². The van der Waals surface area contributed by atoms with Crippen molar-refractivity contribution >= 4 is 18.1 Å². The summed E-state index contributed by atoms with van der Waals surface area (Å²) >= 11 is 0. The zero-order chi connectivity index (χ0) is 27.7. The van der Waals surface area contributed by atoms with Crippen LogP contribution in [0.3, 0.4) is 0 Å². The van der Waals surface area contributed by atoms with Crippen LogP contribution < -0.4 is 14.2 Å². The molecule has 5 N–H and O–H groups in total. The third kappa shape index (κ3) is 5.67. The lowest BCUT2D eigenvalue weighted by Crippen LogP contribution is -2.26. The predicted octanol–water partition coefficient (Wildman–Crippen LogP) is 5.56. The lowest BCUT2D eigenvalue weighted by Gasteiger charge is -2.35. The van der Waals surface area contributed by atoms with Gasteiger partial charge in [0, 0.05) is 30.2 Å². The number of benzene rings is 4. The fourth-order valence-electron chi connectivity index (χ4n) is 4.33. The summed E-state index contributed by atoms with van der Waals surface area (Å²) in [6.07, 6.45) is 1.81. The normalized spacial score (nSPS) is 16.2. The molecule has 0 aromatic heterocycles. The quantitative estimate of drug-likeness (QED) is 0.128. The van der Waals surface area contributed by atoms with E-state index < -0.39 is 18.2 Å². The number of hydrogen-bond donors (Lipinski definition) is 5. The standard InChI is InChI=1S/C30H24O9/c1-16(31)37-27-13-19(5-6-25(27)36)29-30(20-11-23(34)15-24(35)12-20)39-28-10-17(4-7-26(28)38-29)2-3-18-8-21(32)14-22(33)9-18/h2-15,29-30,32-36H,1H3/b3-2+/t29-,30-/m1/s1. The first-order valence-electron chi connectivity index (χ1n) is 11.9. The van der Waals surface area contributed by atoms with Crippen LogP contribution in [0.4, 0.5) is 0 Å². The second-order valence-corrected chi connectivity index (χ2v) is 9.00. The van der Waals surface area contributed by atoms with Gasteiger partial charge < -0.3 is 39.7 Å². The third-order valence-electron chi connectivity index (χ3n) is 5.96. The van der Waals surface area contributed by atoms with Gasteiger partial charge in [-0.3, -0.25) is 4.79 Å². The summed E-state index contributed by atoms with van der Waals surface area (Å²) in [6.45, 7) is 1.22. The minimum atomic E-state index is -0.854. The van der Waals surface area contributed by atoms with Gasteiger partial charge in [-0.05, 0) is 59.7 Å². The van der Waals surface area contributed by atoms with Crippen molar-refractivity contribution in [2.75, 3.05) is 0 Å². The number of carbonyl (C=O) groups excluding carboxylic acids is 1. The largest absolute Gasteiger partial charge is 0.508 e. The van der Waals surface area contributed by atoms with Crippen LogP contribution in [0.15, 0.2) is 72.8 Å². The lowest BCUT2D eigenvalue weighted by atomic mass is 9.95. The Labute approximate surface area is 223 Å². The van der Waals surface area contributed by atoms with Crippen LogP contribution in [-0.4, -0.2) is 31.5 Å². The first kappa shape index (κ1) is 25.3. The number of aromatic hydroxyl groups is 5. The van der Waals surface area contributed by atoms with Gasteiger partial charge in [-0.25, -0.2) is 0 Å². The summed E-state index contributed by atoms with van der Waals surface area (Å²) < 4.78 is 17.8. The van der Waals surface area contributed by atoms with E-state index in [1.165, 1.54) is 55.5 Å². The number of hydrogen-bond acceptors (Lipinski definition) is 9. The number of fused-ring (bicyclic) bond motifs is 1. The van der Waals surface area contributed by atoms with E-state index in [-0.39, 0.29) is 34.5 Å². The highest BCUT2D eigenvalue weighted by molar-refractivity contribution is 5.72. The van der Waals surface area contributed by atoms with Crippen LogP contribution in [0.1, 0.15) is 41.4 Å². The summed E-state index contributed by atoms with van der Waals surface area (Å²) in [7, 11) is 0. The molecule has 39 heavy (non-hydrogen) atoms. The molecule has 2 atom stereocenters. The maximum Gasteiger partial charge on any atom is 0.308 e. The first-order valence-corrected chi connectivity index (χ1v) is 11.9. The molecule has 9 heteroatoms. The lowest BCUT2D eigenvalue weighted by molar-refractivity contribution is -0.132. The van der Waals surface area contributed by atoms with Crippen molar-refractivity contribution in [1.29, 1.82) is 0 Å². The summed E-state index contributed by atoms with van der Waals surface area (Å²) in [4.78, 5) is 11.5. The molecule has 0 radical (unpaired) electrons. The molecule has 0 aliphatic carbocycles. The Morgan fingerprint density at radius 2 is 1.26 bits per heavy atom. The second-order valence-electron chi connectivity index (χ2n) is 9.00. The molecule has 1 aliphatic rings. The van der Waals surface area contributed by atoms with Gasteiger partial charge in [0.15, 0.2) is 35.2 Å². The summed E-state index contributed by atoms with van der Waals surface area (Å²) in [5.41, 5.74) is 2.25. The molecular weight excluding hydrogens is 504 g/mol. The molecule has 0 unspecified atom stereocenters. The van der Waals surface area contributed by atoms with E-state index in [1.54, 1.807) is 36.4 Å². The van der Waals surface area contributed by atoms with Gasteiger partial charge in [-0.15, -0.1) is 0 Å². The van der Waals surface area contributed by atoms with E-state index >= 15 is 0 Å². The maximum absolute atomic E-state index is 11.5. The van der Waals surface area contributed by atoms with Crippen LogP contribution in [0.2, 0.25) is 0 Å². The number of phenolic OH excluding ortho intramolecular Hbond substituents is 5. The Hall–Kier alpha value is -5.31. The minimum Gasteiger partial charge on any atom is -0.508 e. The van der Waals surface area contributed by atoms with Crippen LogP contribution in [-0.2, 0) is 4.79 Å². The Kier molecular flexibility index (Phi) is 6.64. The topological polar surface area (TPSA) is 146 Å². The average Bonchev–Trinajstić information content (AvgIpc) is 2.86. The molecule has 4 aromatic carbocycles. The smallest absolute Gasteiger partial charge is 0.308 e. The van der Waals surface area contributed by atoms with Crippen molar-refractivity contribution in [3.63, 3.8) is 0 Å². The van der Waals surface area contributed by atoms with E-state index in [1.807, 2.05) is 0 Å². The number of esters is 1. The van der Waals surface area contributed by atoms with Gasteiger partial charge in [0.1, 0.15) is 23.0 Å². The highest BCUT2D eigenvalue weighted by Gasteiger charge is 2.35. The van der Waals surface area contributed by atoms with Crippen LogP contribution in [0, 0.1) is 0 Å². The van der Waals surface area contributed by atoms with Crippen molar-refractivity contribution in [2.24, 2.45) is 0 Å². The minimum absolute atomic E-state index is 0.0506. The summed E-state index contributed by atoms with van der Waals surface area (Å²) in [5.74, 6) is -0.554. The van der Waals surface area contributed by atoms with E-state index in [0.717, 1.165) is 5.56 Å². The molecular formula is C30H24O9. The Balaban J connectivity index is 1.53. The molecule has 198 valence electrons. The SMILES string of the molecule is CC(=O)Oc1cc([C@H]2Oc3ccc(/C=C/c4cc(O)cc(O)c4)cc3O[C@@H]2c2cc(O)cc(O)c2)ccc1O. The van der Waals surface area contributed by atoms with Gasteiger partial charge in [0.25, 0.3) is 0 Å². The predicted molar refractivity (Wildman–Crippen MR) is 141 cm³/mol. The zero-order valence-corrected chi connectivity index (χ0v) is 20.6. The van der Waals surface area contributed by atoms with Crippen LogP contribution in [0.5, 0.6) is 46.0 Å². The Bertz CT molecular complexity index is 1550. The molecule has 0 spiro atoms. The summed E-state index contributed by atoms with van der Waals surface area (Å²) in [6, 6.07) is 18.0. The van der Waals surface area contributed by atoms with Crippen molar-refractivity contribution < 1.29 is 44.5 Å². The third-order valence-corrected chi connectivity index (χ3v) is 5.96. The molecule has 0 fully saturated rings. The number of ether oxygens (including phenoxy) is 3. The first-order chi connectivity index (χ1) is 18.6. The molecule has 5 rings (SSSR count). The van der Waals surface area contributed by atoms with E-state index in [2.05, 4.69) is 0 Å². The molecule has 9 nitrogen and oxygen atoms in total. The Morgan fingerprint density at radius 3 is 1.92 bits per heavy atom. The average molecular weight is 529 g/mol. The highest BCUT2D eigenvalue weighted by atomic mass is 16.6. The zero-order valence-electron chi connectivity index (χ0n) is 20.6. The van der Waals surface area contributed by atoms with Gasteiger partial charge in [-0.2, -0.15) is 0 Å². The van der Waals surface area contributed by atoms with Crippen molar-refractivity contribution in [1.82, 2.24) is 0 Å². The van der Waals surface area contributed by atoms with E-state index in [9.17, 15) is 30.3 Å². The van der Waals surface area contributed by atoms with Gasteiger partial charge >= 0.3 is 5.97 Å². The molecule has 0 amide bonds. The molecule has 0 saturated carbocycles. The number of phenols is 5. The molecule has 0 saturated heterocycles. The molecule has 0 bridgehead atoms. The van der Waals surface area contributed by atoms with Crippen LogP contribution >= 0.6 is 0 Å². The van der Waals surface area contributed by atoms with Crippen LogP contribution in [0.25, 0.3) is 12.2 Å². The van der Waals surface area contributed by atoms with Gasteiger partial charge in [-0.1, -0.05) is 24.3 Å². The van der Waals surface area contributed by atoms with Crippen molar-refractivity contribution in [3.8, 4) is 46.0 Å². The highest BCUT2D eigenvalue weighted by Crippen LogP contribution is 2.48. The maximum atomic E-state index is 11.5. The van der Waals surface area contributed by atoms with E-state index in [4.69, 9.17) is 14.2 Å². The molecule has 4 aromatic rings. The van der Waals surface area contributed by atoms with Gasteiger partial charge in [0.05, 0.1) is 0 Å². The Morgan fingerprint density at radius 1 is 0.667 bits per heavy atom. The monoisotopic (exact) mass is 528 g/mol. The fraction of sp³-hybridized carbons (Fsp3) is 0.100. The summed E-state index contributed by atoms with van der Waals surface area (Å²) in [5, 5.41) is 49.8. The number of carbonyl (C=O) groups is 1. The van der Waals surface area contributed by atoms with E-state index in [0.29, 0.717) is 28.2 Å². The van der Waals surface area contributed by atoms with Gasteiger partial charge in [0.2, 0.25) is 0 Å². The fourth-order valence-corrected chi connectivity index (χ4v) is 4.33.